The summed E-state index contributed by atoms with van der Waals surface area (Å²) in [5.74, 6) is -1.04. The molecule has 0 fully saturated rings. The van der Waals surface area contributed by atoms with Crippen LogP contribution < -0.4 is 5.32 Å². The van der Waals surface area contributed by atoms with E-state index in [1.54, 1.807) is 6.07 Å². The van der Waals surface area contributed by atoms with Crippen molar-refractivity contribution in [2.75, 3.05) is 0 Å². The van der Waals surface area contributed by atoms with Crippen LogP contribution >= 0.6 is 0 Å². The highest BCUT2D eigenvalue weighted by Crippen LogP contribution is 2.06. The summed E-state index contributed by atoms with van der Waals surface area (Å²) in [6.07, 6.45) is 3.31. The normalized spacial score (nSPS) is 11.9. The van der Waals surface area contributed by atoms with Gasteiger partial charge in [0.2, 0.25) is 5.91 Å². The van der Waals surface area contributed by atoms with Crippen molar-refractivity contribution in [2.45, 2.75) is 33.2 Å². The van der Waals surface area contributed by atoms with Crippen LogP contribution in [0.2, 0.25) is 0 Å². The summed E-state index contributed by atoms with van der Waals surface area (Å²) in [7, 11) is 0. The van der Waals surface area contributed by atoms with Crippen LogP contribution in [0.25, 0.3) is 0 Å². The molecule has 0 saturated carbocycles. The average molecular weight is 250 g/mol. The van der Waals surface area contributed by atoms with Crippen LogP contribution in [0.15, 0.2) is 18.3 Å². The molecule has 0 aliphatic rings. The third kappa shape index (κ3) is 4.16. The van der Waals surface area contributed by atoms with E-state index in [1.165, 1.54) is 12.3 Å². The van der Waals surface area contributed by atoms with Crippen molar-refractivity contribution in [3.8, 4) is 0 Å². The first-order valence-corrected chi connectivity index (χ1v) is 6.00. The third-order valence-corrected chi connectivity index (χ3v) is 2.68. The van der Waals surface area contributed by atoms with E-state index in [-0.39, 0.29) is 17.5 Å². The second-order valence-electron chi connectivity index (χ2n) is 4.26. The van der Waals surface area contributed by atoms with E-state index in [2.05, 4.69) is 10.3 Å². The number of carboxylic acid groups (broad SMARTS) is 1. The number of aromatic carboxylic acids is 1. The quantitative estimate of drug-likeness (QED) is 0.807. The number of hydrogen-bond donors (Lipinski definition) is 2. The first kappa shape index (κ1) is 14.2. The lowest BCUT2D eigenvalue weighted by Crippen LogP contribution is -2.28. The second kappa shape index (κ2) is 6.74. The molecule has 98 valence electrons. The molecule has 2 N–H and O–H groups in total. The minimum absolute atomic E-state index is 0.00116. The largest absolute Gasteiger partial charge is 0.477 e. The molecule has 1 heterocycles. The van der Waals surface area contributed by atoms with Crippen LogP contribution in [0.1, 0.15) is 42.7 Å². The van der Waals surface area contributed by atoms with Gasteiger partial charge in [0, 0.05) is 18.7 Å². The standard InChI is InChI=1S/C13H18N2O3/c1-3-4-9(2)12(16)15-8-10-5-6-11(13(17)18)14-7-10/h5-7,9H,3-4,8H2,1-2H3,(H,15,16)(H,17,18). The van der Waals surface area contributed by atoms with Gasteiger partial charge in [0.1, 0.15) is 5.69 Å². The molecule has 0 radical (unpaired) electrons. The molecule has 0 spiro atoms. The predicted molar refractivity (Wildman–Crippen MR) is 67.1 cm³/mol. The number of pyridine rings is 1. The van der Waals surface area contributed by atoms with Crippen molar-refractivity contribution >= 4 is 11.9 Å². The number of carbonyl (C=O) groups is 2. The Morgan fingerprint density at radius 3 is 2.67 bits per heavy atom. The van der Waals surface area contributed by atoms with E-state index in [1.807, 2.05) is 13.8 Å². The maximum Gasteiger partial charge on any atom is 0.354 e. The number of aromatic nitrogens is 1. The third-order valence-electron chi connectivity index (χ3n) is 2.68. The van der Waals surface area contributed by atoms with Crippen molar-refractivity contribution in [1.29, 1.82) is 0 Å². The summed E-state index contributed by atoms with van der Waals surface area (Å²) < 4.78 is 0. The summed E-state index contributed by atoms with van der Waals surface area (Å²) in [5.41, 5.74) is 0.793. The van der Waals surface area contributed by atoms with E-state index in [4.69, 9.17) is 5.11 Å². The molecule has 5 heteroatoms. The fraction of sp³-hybridized carbons (Fsp3) is 0.462. The van der Waals surface area contributed by atoms with Crippen molar-refractivity contribution in [1.82, 2.24) is 10.3 Å². The van der Waals surface area contributed by atoms with Gasteiger partial charge in [0.25, 0.3) is 0 Å². The number of hydrogen-bond acceptors (Lipinski definition) is 3. The summed E-state index contributed by atoms with van der Waals surface area (Å²) in [6.45, 7) is 4.31. The highest BCUT2D eigenvalue weighted by Gasteiger charge is 2.11. The second-order valence-corrected chi connectivity index (χ2v) is 4.26. The number of nitrogens with zero attached hydrogens (tertiary/aromatic N) is 1. The summed E-state index contributed by atoms with van der Waals surface area (Å²) >= 11 is 0. The monoisotopic (exact) mass is 250 g/mol. The van der Waals surface area contributed by atoms with Crippen LogP contribution in [-0.4, -0.2) is 22.0 Å². The van der Waals surface area contributed by atoms with Crippen molar-refractivity contribution in [3.63, 3.8) is 0 Å². The van der Waals surface area contributed by atoms with Gasteiger partial charge in [0.05, 0.1) is 0 Å². The molecule has 0 bridgehead atoms. The molecule has 5 nitrogen and oxygen atoms in total. The predicted octanol–water partition coefficient (Wildman–Crippen LogP) is 1.83. The fourth-order valence-corrected chi connectivity index (χ4v) is 1.58. The smallest absolute Gasteiger partial charge is 0.354 e. The Morgan fingerprint density at radius 1 is 1.44 bits per heavy atom. The molecule has 0 aromatic carbocycles. The zero-order valence-corrected chi connectivity index (χ0v) is 10.6. The van der Waals surface area contributed by atoms with Crippen molar-refractivity contribution in [2.24, 2.45) is 5.92 Å². The van der Waals surface area contributed by atoms with Gasteiger partial charge in [-0.15, -0.1) is 0 Å². The van der Waals surface area contributed by atoms with E-state index in [9.17, 15) is 9.59 Å². The first-order chi connectivity index (χ1) is 8.54. The van der Waals surface area contributed by atoms with Crippen molar-refractivity contribution < 1.29 is 14.7 Å². The lowest BCUT2D eigenvalue weighted by atomic mass is 10.1. The Balaban J connectivity index is 2.48. The number of carboxylic acids is 1. The molecule has 18 heavy (non-hydrogen) atoms. The van der Waals surface area contributed by atoms with Gasteiger partial charge < -0.3 is 10.4 Å². The molecule has 0 saturated heterocycles. The fourth-order valence-electron chi connectivity index (χ4n) is 1.58. The summed E-state index contributed by atoms with van der Waals surface area (Å²) in [5, 5.41) is 11.5. The average Bonchev–Trinajstić information content (AvgIpc) is 2.36. The van der Waals surface area contributed by atoms with E-state index in [0.29, 0.717) is 6.54 Å². The molecule has 0 aliphatic carbocycles. The van der Waals surface area contributed by atoms with Gasteiger partial charge in [-0.3, -0.25) is 4.79 Å². The van der Waals surface area contributed by atoms with Gasteiger partial charge in [-0.2, -0.15) is 0 Å². The number of rotatable bonds is 6. The Kier molecular flexibility index (Phi) is 5.30. The molecule has 1 aromatic heterocycles. The zero-order chi connectivity index (χ0) is 13.5. The van der Waals surface area contributed by atoms with Gasteiger partial charge in [-0.25, -0.2) is 9.78 Å². The minimum atomic E-state index is -1.05. The minimum Gasteiger partial charge on any atom is -0.477 e. The zero-order valence-electron chi connectivity index (χ0n) is 10.6. The Morgan fingerprint density at radius 2 is 2.17 bits per heavy atom. The van der Waals surface area contributed by atoms with E-state index >= 15 is 0 Å². The Labute approximate surface area is 106 Å². The highest BCUT2D eigenvalue weighted by molar-refractivity contribution is 5.85. The number of amides is 1. The first-order valence-electron chi connectivity index (χ1n) is 6.00. The van der Waals surface area contributed by atoms with Crippen molar-refractivity contribution in [3.05, 3.63) is 29.6 Å². The SMILES string of the molecule is CCCC(C)C(=O)NCc1ccc(C(=O)O)nc1. The van der Waals surface area contributed by atoms with E-state index < -0.39 is 5.97 Å². The van der Waals surface area contributed by atoms with E-state index in [0.717, 1.165) is 18.4 Å². The van der Waals surface area contributed by atoms with Crippen LogP contribution in [0.3, 0.4) is 0 Å². The molecule has 1 unspecified atom stereocenters. The molecular formula is C13H18N2O3. The number of carbonyl (C=O) groups excluding carboxylic acids is 1. The van der Waals surface area contributed by atoms with Crippen LogP contribution in [-0.2, 0) is 11.3 Å². The van der Waals surface area contributed by atoms with Crippen LogP contribution in [0.5, 0.6) is 0 Å². The molecule has 1 amide bonds. The molecule has 0 aliphatic heterocycles. The molecular weight excluding hydrogens is 232 g/mol. The van der Waals surface area contributed by atoms with Gasteiger partial charge in [-0.05, 0) is 18.1 Å². The lowest BCUT2D eigenvalue weighted by molar-refractivity contribution is -0.124. The highest BCUT2D eigenvalue weighted by atomic mass is 16.4. The Bertz CT molecular complexity index is 415. The summed E-state index contributed by atoms with van der Waals surface area (Å²) in [6, 6.07) is 3.08. The van der Waals surface area contributed by atoms with Crippen LogP contribution in [0.4, 0.5) is 0 Å². The number of nitrogens with one attached hydrogen (secondary N) is 1. The summed E-state index contributed by atoms with van der Waals surface area (Å²) in [4.78, 5) is 26.0. The van der Waals surface area contributed by atoms with Gasteiger partial charge in [0.15, 0.2) is 0 Å². The maximum atomic E-state index is 11.7. The van der Waals surface area contributed by atoms with Gasteiger partial charge >= 0.3 is 5.97 Å². The Hall–Kier alpha value is -1.91. The molecule has 1 aromatic rings. The van der Waals surface area contributed by atoms with Crippen LogP contribution in [0, 0.1) is 5.92 Å². The lowest BCUT2D eigenvalue weighted by Gasteiger charge is -2.10. The maximum absolute atomic E-state index is 11.7. The topological polar surface area (TPSA) is 79.3 Å². The molecule has 1 atom stereocenters. The molecule has 1 rings (SSSR count). The van der Waals surface area contributed by atoms with Gasteiger partial charge in [-0.1, -0.05) is 26.3 Å².